The first-order valence-corrected chi connectivity index (χ1v) is 7.82. The third kappa shape index (κ3) is 7.34. The van der Waals surface area contributed by atoms with Crippen LogP contribution in [0, 0.1) is 0 Å². The van der Waals surface area contributed by atoms with Gasteiger partial charge in [-0.1, -0.05) is 12.1 Å². The van der Waals surface area contributed by atoms with Crippen LogP contribution in [0.1, 0.15) is 37.8 Å². The van der Waals surface area contributed by atoms with E-state index in [0.29, 0.717) is 19.0 Å². The summed E-state index contributed by atoms with van der Waals surface area (Å²) in [5, 5.41) is 3.41. The lowest BCUT2D eigenvalue weighted by Crippen LogP contribution is -2.40. The predicted octanol–water partition coefficient (Wildman–Crippen LogP) is 3.36. The summed E-state index contributed by atoms with van der Waals surface area (Å²) in [5.74, 6) is 0.215. The minimum absolute atomic E-state index is 0. The lowest BCUT2D eigenvalue weighted by atomic mass is 10.1. The van der Waals surface area contributed by atoms with Crippen molar-refractivity contribution in [1.29, 1.82) is 0 Å². The summed E-state index contributed by atoms with van der Waals surface area (Å²) < 4.78 is 0. The number of hydrogen-bond donors (Lipinski definition) is 1. The van der Waals surface area contributed by atoms with E-state index in [0.717, 1.165) is 44.5 Å². The molecule has 1 amide bonds. The second kappa shape index (κ2) is 12.3. The van der Waals surface area contributed by atoms with E-state index in [-0.39, 0.29) is 30.7 Å². The Labute approximate surface area is 151 Å². The van der Waals surface area contributed by atoms with Crippen LogP contribution in [0.5, 0.6) is 0 Å². The van der Waals surface area contributed by atoms with E-state index >= 15 is 0 Å². The van der Waals surface area contributed by atoms with Crippen LogP contribution in [0.15, 0.2) is 37.1 Å². The monoisotopic (exact) mass is 359 g/mol. The Balaban J connectivity index is 0.00000242. The molecular formula is C17H27Cl2N3O. The van der Waals surface area contributed by atoms with Crippen molar-refractivity contribution >= 4 is 30.7 Å². The smallest absolute Gasteiger partial charge is 0.223 e. The molecular weight excluding hydrogens is 333 g/mol. The van der Waals surface area contributed by atoms with Gasteiger partial charge in [-0.3, -0.25) is 9.78 Å². The Kier molecular flexibility index (Phi) is 11.7. The zero-order valence-electron chi connectivity index (χ0n) is 13.4. The summed E-state index contributed by atoms with van der Waals surface area (Å²) >= 11 is 0. The average Bonchev–Trinajstić information content (AvgIpc) is 2.80. The minimum Gasteiger partial charge on any atom is -0.334 e. The summed E-state index contributed by atoms with van der Waals surface area (Å²) in [5.41, 5.74) is 0.960. The molecule has 1 aliphatic heterocycles. The standard InChI is InChI=1S/C17H25N3O.2ClH/c1-2-3-9-17(21)20(14-15-7-4-5-12-19-15)16-8-6-11-18-13-10-16;;/h2,4-5,7,12,16,18H,1,3,6,8-11,13-14H2;2*1H. The number of nitrogens with one attached hydrogen (secondary N) is 1. The van der Waals surface area contributed by atoms with Gasteiger partial charge in [-0.2, -0.15) is 0 Å². The predicted molar refractivity (Wildman–Crippen MR) is 99.2 cm³/mol. The van der Waals surface area contributed by atoms with E-state index in [1.807, 2.05) is 29.2 Å². The van der Waals surface area contributed by atoms with Crippen molar-refractivity contribution in [2.75, 3.05) is 13.1 Å². The molecule has 1 atom stereocenters. The topological polar surface area (TPSA) is 45.2 Å². The van der Waals surface area contributed by atoms with Gasteiger partial charge in [0.25, 0.3) is 0 Å². The third-order valence-electron chi connectivity index (χ3n) is 3.93. The van der Waals surface area contributed by atoms with Crippen LogP contribution < -0.4 is 5.32 Å². The molecule has 1 saturated heterocycles. The molecule has 1 unspecified atom stereocenters. The van der Waals surface area contributed by atoms with Crippen LogP contribution in [-0.2, 0) is 11.3 Å². The number of carbonyl (C=O) groups is 1. The van der Waals surface area contributed by atoms with Gasteiger partial charge in [0.2, 0.25) is 5.91 Å². The number of hydrogen-bond acceptors (Lipinski definition) is 3. The van der Waals surface area contributed by atoms with Gasteiger partial charge in [0.1, 0.15) is 0 Å². The van der Waals surface area contributed by atoms with Crippen LogP contribution >= 0.6 is 24.8 Å². The van der Waals surface area contributed by atoms with Crippen molar-refractivity contribution in [2.24, 2.45) is 0 Å². The SMILES string of the molecule is C=CCCC(=O)N(Cc1ccccn1)C1CCCNCC1.Cl.Cl. The average molecular weight is 360 g/mol. The van der Waals surface area contributed by atoms with Crippen molar-refractivity contribution in [3.05, 3.63) is 42.7 Å². The van der Waals surface area contributed by atoms with Gasteiger partial charge < -0.3 is 10.2 Å². The van der Waals surface area contributed by atoms with Crippen molar-refractivity contribution in [3.63, 3.8) is 0 Å². The molecule has 0 radical (unpaired) electrons. The lowest BCUT2D eigenvalue weighted by Gasteiger charge is -2.31. The molecule has 6 heteroatoms. The van der Waals surface area contributed by atoms with Gasteiger partial charge in [-0.15, -0.1) is 31.4 Å². The fourth-order valence-electron chi connectivity index (χ4n) is 2.77. The molecule has 130 valence electrons. The summed E-state index contributed by atoms with van der Waals surface area (Å²) in [6.45, 7) is 6.36. The van der Waals surface area contributed by atoms with Crippen LogP contribution in [0.2, 0.25) is 0 Å². The largest absolute Gasteiger partial charge is 0.334 e. The number of pyridine rings is 1. The maximum Gasteiger partial charge on any atom is 0.223 e. The van der Waals surface area contributed by atoms with Crippen molar-refractivity contribution in [2.45, 2.75) is 44.7 Å². The quantitative estimate of drug-likeness (QED) is 0.792. The molecule has 0 aliphatic carbocycles. The maximum atomic E-state index is 12.5. The number of aromatic nitrogens is 1. The van der Waals surface area contributed by atoms with Crippen LogP contribution in [0.4, 0.5) is 0 Å². The first-order chi connectivity index (χ1) is 10.3. The number of amides is 1. The number of carbonyl (C=O) groups excluding carboxylic acids is 1. The Morgan fingerprint density at radius 3 is 2.87 bits per heavy atom. The summed E-state index contributed by atoms with van der Waals surface area (Å²) in [4.78, 5) is 18.9. The molecule has 2 heterocycles. The van der Waals surface area contributed by atoms with E-state index in [2.05, 4.69) is 16.9 Å². The van der Waals surface area contributed by atoms with Gasteiger partial charge in [0, 0.05) is 18.7 Å². The zero-order chi connectivity index (χ0) is 14.9. The molecule has 1 fully saturated rings. The normalized spacial score (nSPS) is 17.1. The number of halogens is 2. The number of nitrogens with zero attached hydrogens (tertiary/aromatic N) is 2. The molecule has 0 bridgehead atoms. The van der Waals surface area contributed by atoms with Crippen LogP contribution in [0.3, 0.4) is 0 Å². The molecule has 4 nitrogen and oxygen atoms in total. The highest BCUT2D eigenvalue weighted by Crippen LogP contribution is 2.18. The van der Waals surface area contributed by atoms with Gasteiger partial charge in [0.15, 0.2) is 0 Å². The Morgan fingerprint density at radius 2 is 2.17 bits per heavy atom. The molecule has 0 spiro atoms. The molecule has 1 aliphatic rings. The summed E-state index contributed by atoms with van der Waals surface area (Å²) in [6.07, 6.45) is 8.09. The molecule has 1 aromatic rings. The van der Waals surface area contributed by atoms with E-state index in [1.54, 1.807) is 6.20 Å². The van der Waals surface area contributed by atoms with Gasteiger partial charge in [-0.05, 0) is 50.9 Å². The molecule has 1 aromatic heterocycles. The summed E-state index contributed by atoms with van der Waals surface area (Å²) in [7, 11) is 0. The van der Waals surface area contributed by atoms with Gasteiger partial charge in [0.05, 0.1) is 12.2 Å². The molecule has 23 heavy (non-hydrogen) atoms. The first kappa shape index (κ1) is 21.9. The lowest BCUT2D eigenvalue weighted by molar-refractivity contribution is -0.134. The molecule has 0 aromatic carbocycles. The highest BCUT2D eigenvalue weighted by atomic mass is 35.5. The van der Waals surface area contributed by atoms with Crippen molar-refractivity contribution in [1.82, 2.24) is 15.2 Å². The fraction of sp³-hybridized carbons (Fsp3) is 0.529. The van der Waals surface area contributed by atoms with E-state index < -0.39 is 0 Å². The molecule has 1 N–H and O–H groups in total. The van der Waals surface area contributed by atoms with E-state index in [1.165, 1.54) is 0 Å². The third-order valence-corrected chi connectivity index (χ3v) is 3.93. The first-order valence-electron chi connectivity index (χ1n) is 7.82. The fourth-order valence-corrected chi connectivity index (χ4v) is 2.77. The van der Waals surface area contributed by atoms with Crippen LogP contribution in [0.25, 0.3) is 0 Å². The second-order valence-corrected chi connectivity index (χ2v) is 5.50. The highest BCUT2D eigenvalue weighted by molar-refractivity contribution is 5.85. The molecule has 0 saturated carbocycles. The van der Waals surface area contributed by atoms with Gasteiger partial charge in [-0.25, -0.2) is 0 Å². The number of rotatable bonds is 6. The number of allylic oxidation sites excluding steroid dienone is 1. The molecule has 2 rings (SSSR count). The van der Waals surface area contributed by atoms with Crippen molar-refractivity contribution < 1.29 is 4.79 Å². The Hall–Kier alpha value is -1.10. The minimum atomic E-state index is 0. The van der Waals surface area contributed by atoms with E-state index in [4.69, 9.17) is 0 Å². The van der Waals surface area contributed by atoms with Crippen molar-refractivity contribution in [3.8, 4) is 0 Å². The summed E-state index contributed by atoms with van der Waals surface area (Å²) in [6, 6.07) is 6.19. The van der Waals surface area contributed by atoms with Crippen LogP contribution in [-0.4, -0.2) is 34.9 Å². The second-order valence-electron chi connectivity index (χ2n) is 5.50. The highest BCUT2D eigenvalue weighted by Gasteiger charge is 2.24. The Bertz CT molecular complexity index is 448. The maximum absolute atomic E-state index is 12.5. The van der Waals surface area contributed by atoms with Gasteiger partial charge >= 0.3 is 0 Å². The van der Waals surface area contributed by atoms with E-state index in [9.17, 15) is 4.79 Å². The Morgan fingerprint density at radius 1 is 1.35 bits per heavy atom. The zero-order valence-corrected chi connectivity index (χ0v) is 15.1.